The second-order valence-electron chi connectivity index (χ2n) is 25.4. The smallest absolute Gasteiger partial charge is 0.0541 e. The Kier molecular flexibility index (Phi) is 19.4. The number of para-hydroxylation sites is 2. The lowest BCUT2D eigenvalue weighted by Gasteiger charge is -2.26. The van der Waals surface area contributed by atoms with Gasteiger partial charge in [0.05, 0.1) is 11.0 Å². The Bertz CT molecular complexity index is 5320. The first-order valence-corrected chi connectivity index (χ1v) is 35.2. The summed E-state index contributed by atoms with van der Waals surface area (Å²) in [6, 6.07) is 147. The van der Waals surface area contributed by atoms with Crippen molar-refractivity contribution in [2.24, 2.45) is 0 Å². The minimum atomic E-state index is 0. The van der Waals surface area contributed by atoms with Crippen molar-refractivity contribution in [2.45, 2.75) is 13.3 Å². The topological polar surface area (TPSA) is 20.2 Å². The summed E-state index contributed by atoms with van der Waals surface area (Å²) in [5.41, 5.74) is 30.6. The third-order valence-corrected chi connectivity index (χ3v) is 19.7. The largest absolute Gasteiger partial charge is 0.356 e. The standard InChI is InChI=1S/C49H35N.C24H16BrN.C24H19N.CH4/c1-3-11-35(12-4-1)38-23-29-42(30-24-38)50(43-31-25-39(26-32-43)36-13-5-2-6-14-36)44-33-27-40(28-34-44)37-19-21-41(22-20-37)49-47-17-9-7-15-45(47)46-16-8-10-18-48(46)49;25-19-13-9-17(10-14-19)18-11-15-20(16-12-18)26-23-7-3-1-5-21(23)22-6-2-4-8-24(22)26;1-3-7-19(8-4-1)21-11-15-23(16-12-21)25-24-17-13-22(14-18-24)20-9-5-2-6-10-20;/h1-34,49H;1-16H;1-18,25H;1H4. The Labute approximate surface area is 607 Å². The van der Waals surface area contributed by atoms with Crippen LogP contribution in [0.25, 0.3) is 105 Å². The molecule has 1 aliphatic carbocycles. The molecule has 16 aromatic carbocycles. The van der Waals surface area contributed by atoms with Gasteiger partial charge in [0.2, 0.25) is 0 Å². The minimum absolute atomic E-state index is 0. The number of hydrogen-bond donors (Lipinski definition) is 1. The third kappa shape index (κ3) is 14.1. The summed E-state index contributed by atoms with van der Waals surface area (Å²) in [5.74, 6) is 0.258. The Morgan fingerprint density at radius 2 is 0.510 bits per heavy atom. The first kappa shape index (κ1) is 65.3. The normalized spacial score (nSPS) is 11.3. The molecule has 0 amide bonds. The molecule has 0 spiro atoms. The molecule has 4 heteroatoms. The third-order valence-electron chi connectivity index (χ3n) is 19.2. The van der Waals surface area contributed by atoms with E-state index < -0.39 is 0 Å². The van der Waals surface area contributed by atoms with E-state index in [-0.39, 0.29) is 13.3 Å². The number of rotatable bonds is 13. The van der Waals surface area contributed by atoms with Crippen molar-refractivity contribution in [1.29, 1.82) is 0 Å². The van der Waals surface area contributed by atoms with E-state index in [1.165, 1.54) is 122 Å². The van der Waals surface area contributed by atoms with E-state index in [2.05, 4.69) is 431 Å². The fraction of sp³-hybridized carbons (Fsp3) is 0.0204. The van der Waals surface area contributed by atoms with Crippen molar-refractivity contribution in [3.8, 4) is 83.6 Å². The van der Waals surface area contributed by atoms with Gasteiger partial charge in [-0.15, -0.1) is 0 Å². The molecule has 0 bridgehead atoms. The van der Waals surface area contributed by atoms with Crippen LogP contribution in [-0.4, -0.2) is 4.57 Å². The van der Waals surface area contributed by atoms with Crippen LogP contribution in [0.5, 0.6) is 0 Å². The summed E-state index contributed by atoms with van der Waals surface area (Å²) >= 11 is 3.50. The minimum Gasteiger partial charge on any atom is -0.356 e. The Hall–Kier alpha value is -12.6. The number of aromatic nitrogens is 1. The fourth-order valence-corrected chi connectivity index (χ4v) is 14.3. The van der Waals surface area contributed by atoms with E-state index in [4.69, 9.17) is 0 Å². The van der Waals surface area contributed by atoms with Crippen molar-refractivity contribution in [1.82, 2.24) is 4.57 Å². The van der Waals surface area contributed by atoms with Crippen LogP contribution in [-0.2, 0) is 0 Å². The van der Waals surface area contributed by atoms with Crippen LogP contribution in [0.3, 0.4) is 0 Å². The lowest BCUT2D eigenvalue weighted by molar-refractivity contribution is 1.02. The van der Waals surface area contributed by atoms with Crippen LogP contribution in [0.15, 0.2) is 417 Å². The van der Waals surface area contributed by atoms with Gasteiger partial charge in [-0.25, -0.2) is 0 Å². The van der Waals surface area contributed by atoms with Gasteiger partial charge < -0.3 is 14.8 Å². The van der Waals surface area contributed by atoms with E-state index in [1.807, 2.05) is 12.1 Å². The highest BCUT2D eigenvalue weighted by atomic mass is 79.9. The molecule has 1 heterocycles. The van der Waals surface area contributed by atoms with Gasteiger partial charge in [0.25, 0.3) is 0 Å². The second kappa shape index (κ2) is 30.3. The first-order chi connectivity index (χ1) is 50.0. The van der Waals surface area contributed by atoms with Gasteiger partial charge in [-0.3, -0.25) is 0 Å². The zero-order chi connectivity index (χ0) is 67.7. The number of nitrogens with one attached hydrogen (secondary N) is 1. The van der Waals surface area contributed by atoms with Crippen molar-refractivity contribution in [2.75, 3.05) is 10.2 Å². The Balaban J connectivity index is 0.000000136. The monoisotopic (exact) mass is 1370 g/mol. The molecule has 17 aromatic rings. The molecule has 488 valence electrons. The summed E-state index contributed by atoms with van der Waals surface area (Å²) in [7, 11) is 0. The molecule has 0 atom stereocenters. The molecule has 3 nitrogen and oxygen atoms in total. The molecular formula is C98H74BrN3. The average Bonchev–Trinajstić information content (AvgIpc) is 1.60. The molecule has 18 rings (SSSR count). The maximum Gasteiger partial charge on any atom is 0.0541 e. The van der Waals surface area contributed by atoms with Gasteiger partial charge in [-0.05, 0) is 192 Å². The fourth-order valence-electron chi connectivity index (χ4n) is 14.1. The molecule has 1 aromatic heterocycles. The summed E-state index contributed by atoms with van der Waals surface area (Å²) in [5, 5.41) is 6.04. The zero-order valence-corrected chi connectivity index (χ0v) is 57.2. The highest BCUT2D eigenvalue weighted by Crippen LogP contribution is 2.48. The molecule has 0 aliphatic heterocycles. The van der Waals surface area contributed by atoms with E-state index in [1.54, 1.807) is 0 Å². The van der Waals surface area contributed by atoms with Crippen LogP contribution in [0.1, 0.15) is 30.0 Å². The lowest BCUT2D eigenvalue weighted by Crippen LogP contribution is -2.09. The van der Waals surface area contributed by atoms with Crippen LogP contribution in [0.4, 0.5) is 28.4 Å². The predicted octanol–water partition coefficient (Wildman–Crippen LogP) is 27.9. The van der Waals surface area contributed by atoms with Gasteiger partial charge in [-0.1, -0.05) is 339 Å². The van der Waals surface area contributed by atoms with E-state index >= 15 is 0 Å². The SMILES string of the molecule is Brc1ccc(-c2ccc(-n3c4ccccc4c4ccccc43)cc2)cc1.C.c1ccc(-c2ccc(N(c3ccc(-c4ccccc4)cc3)c3ccc(-c4ccc(C5c6ccccc6-c6ccccc65)cc4)cc3)cc2)cc1.c1ccc(-c2ccc(Nc3ccc(-c4ccccc4)cc3)cc2)cc1. The number of benzene rings is 16. The van der Waals surface area contributed by atoms with E-state index in [0.29, 0.717) is 0 Å². The molecule has 0 fully saturated rings. The Morgan fingerprint density at radius 3 is 0.863 bits per heavy atom. The maximum atomic E-state index is 3.50. The first-order valence-electron chi connectivity index (χ1n) is 34.4. The molecule has 1 N–H and O–H groups in total. The highest BCUT2D eigenvalue weighted by Gasteiger charge is 2.29. The number of anilines is 5. The second-order valence-corrected chi connectivity index (χ2v) is 26.3. The molecule has 0 radical (unpaired) electrons. The van der Waals surface area contributed by atoms with Gasteiger partial charge in [0.15, 0.2) is 0 Å². The van der Waals surface area contributed by atoms with E-state index in [0.717, 1.165) is 32.9 Å². The van der Waals surface area contributed by atoms with Gasteiger partial charge >= 0.3 is 0 Å². The quantitative estimate of drug-likeness (QED) is 0.124. The molecule has 0 unspecified atom stereocenters. The summed E-state index contributed by atoms with van der Waals surface area (Å²) in [6.07, 6.45) is 0. The van der Waals surface area contributed by atoms with E-state index in [9.17, 15) is 0 Å². The molecule has 0 saturated heterocycles. The van der Waals surface area contributed by atoms with Gasteiger partial charge in [-0.2, -0.15) is 0 Å². The number of halogens is 1. The summed E-state index contributed by atoms with van der Waals surface area (Å²) in [6.45, 7) is 0. The van der Waals surface area contributed by atoms with Crippen LogP contribution in [0.2, 0.25) is 0 Å². The number of hydrogen-bond acceptors (Lipinski definition) is 2. The molecular weight excluding hydrogens is 1300 g/mol. The number of fused-ring (bicyclic) bond motifs is 6. The maximum absolute atomic E-state index is 3.50. The molecule has 0 saturated carbocycles. The van der Waals surface area contributed by atoms with Crippen molar-refractivity contribution in [3.05, 3.63) is 434 Å². The predicted molar refractivity (Wildman–Crippen MR) is 438 cm³/mol. The number of nitrogens with zero attached hydrogens (tertiary/aromatic N) is 2. The van der Waals surface area contributed by atoms with Crippen LogP contribution < -0.4 is 10.2 Å². The Morgan fingerprint density at radius 1 is 0.245 bits per heavy atom. The van der Waals surface area contributed by atoms with Crippen molar-refractivity contribution < 1.29 is 0 Å². The van der Waals surface area contributed by atoms with Crippen LogP contribution in [0, 0.1) is 0 Å². The summed E-state index contributed by atoms with van der Waals surface area (Å²) in [4.78, 5) is 2.34. The van der Waals surface area contributed by atoms with Gasteiger partial charge in [0.1, 0.15) is 0 Å². The average molecular weight is 1370 g/mol. The van der Waals surface area contributed by atoms with Crippen molar-refractivity contribution in [3.63, 3.8) is 0 Å². The van der Waals surface area contributed by atoms with Crippen LogP contribution >= 0.6 is 15.9 Å². The highest BCUT2D eigenvalue weighted by molar-refractivity contribution is 9.10. The van der Waals surface area contributed by atoms with Gasteiger partial charge in [0, 0.05) is 55.3 Å². The lowest BCUT2D eigenvalue weighted by atomic mass is 9.88. The molecule has 102 heavy (non-hydrogen) atoms. The van der Waals surface area contributed by atoms with Crippen molar-refractivity contribution >= 4 is 66.2 Å². The summed E-state index contributed by atoms with van der Waals surface area (Å²) < 4.78 is 3.44. The zero-order valence-electron chi connectivity index (χ0n) is 55.6. The molecule has 1 aliphatic rings.